The van der Waals surface area contributed by atoms with Crippen LogP contribution in [-0.4, -0.2) is 31.0 Å². The molecule has 1 atom stereocenters. The van der Waals surface area contributed by atoms with Crippen molar-refractivity contribution in [2.45, 2.75) is 25.9 Å². The molecule has 5 heteroatoms. The van der Waals surface area contributed by atoms with E-state index in [-0.39, 0.29) is 5.82 Å². The second kappa shape index (κ2) is 6.02. The van der Waals surface area contributed by atoms with Crippen LogP contribution < -0.4 is 11.1 Å². The molecule has 1 aromatic carbocycles. The lowest BCUT2D eigenvalue weighted by Gasteiger charge is -2.24. The van der Waals surface area contributed by atoms with Crippen LogP contribution in [0.4, 0.5) is 15.8 Å². The van der Waals surface area contributed by atoms with Crippen LogP contribution in [0.25, 0.3) is 0 Å². The summed E-state index contributed by atoms with van der Waals surface area (Å²) in [7, 11) is 1.59. The molecular formula is C13H21FN2O2. The fourth-order valence-electron chi connectivity index (χ4n) is 1.55. The quantitative estimate of drug-likeness (QED) is 0.680. The van der Waals surface area contributed by atoms with Gasteiger partial charge in [0.2, 0.25) is 0 Å². The van der Waals surface area contributed by atoms with E-state index < -0.39 is 5.60 Å². The number of nitrogens with one attached hydrogen (secondary N) is 1. The van der Waals surface area contributed by atoms with Crippen LogP contribution in [0, 0.1) is 12.7 Å². The lowest BCUT2D eigenvalue weighted by Crippen LogP contribution is -2.34. The molecule has 1 rings (SSSR count). The molecule has 4 nitrogen and oxygen atoms in total. The molecule has 0 saturated carbocycles. The van der Waals surface area contributed by atoms with Crippen LogP contribution in [-0.2, 0) is 4.74 Å². The van der Waals surface area contributed by atoms with Gasteiger partial charge < -0.3 is 20.9 Å². The molecule has 0 saturated heterocycles. The van der Waals surface area contributed by atoms with Gasteiger partial charge in [-0.2, -0.15) is 0 Å². The van der Waals surface area contributed by atoms with Crippen molar-refractivity contribution < 1.29 is 14.2 Å². The molecular weight excluding hydrogens is 235 g/mol. The fraction of sp³-hybridized carbons (Fsp3) is 0.538. The first-order chi connectivity index (χ1) is 8.35. The van der Waals surface area contributed by atoms with Crippen LogP contribution >= 0.6 is 0 Å². The van der Waals surface area contributed by atoms with E-state index in [4.69, 9.17) is 10.5 Å². The zero-order valence-electron chi connectivity index (χ0n) is 11.1. The molecule has 0 aliphatic rings. The van der Waals surface area contributed by atoms with Gasteiger partial charge in [-0.1, -0.05) is 0 Å². The third-order valence-corrected chi connectivity index (χ3v) is 2.84. The average molecular weight is 256 g/mol. The lowest BCUT2D eigenvalue weighted by molar-refractivity contribution is 0.0358. The number of ether oxygens (including phenoxy) is 1. The molecule has 102 valence electrons. The molecule has 0 aliphatic heterocycles. The Labute approximate surface area is 107 Å². The molecule has 0 spiro atoms. The number of methoxy groups -OCH3 is 1. The second-order valence-corrected chi connectivity index (χ2v) is 4.78. The molecule has 0 amide bonds. The first-order valence-electron chi connectivity index (χ1n) is 5.86. The Kier molecular flexibility index (Phi) is 4.93. The van der Waals surface area contributed by atoms with Gasteiger partial charge in [-0.3, -0.25) is 0 Å². The number of benzene rings is 1. The predicted octanol–water partition coefficient (Wildman–Crippen LogP) is 1.92. The molecule has 0 aliphatic carbocycles. The van der Waals surface area contributed by atoms with Gasteiger partial charge in [-0.05, 0) is 31.5 Å². The van der Waals surface area contributed by atoms with E-state index in [1.165, 1.54) is 6.07 Å². The molecule has 0 bridgehead atoms. The van der Waals surface area contributed by atoms with Crippen molar-refractivity contribution in [1.82, 2.24) is 0 Å². The van der Waals surface area contributed by atoms with Crippen molar-refractivity contribution in [3.63, 3.8) is 0 Å². The van der Waals surface area contributed by atoms with Gasteiger partial charge in [-0.15, -0.1) is 0 Å². The number of hydrogen-bond acceptors (Lipinski definition) is 4. The summed E-state index contributed by atoms with van der Waals surface area (Å²) < 4.78 is 18.2. The zero-order chi connectivity index (χ0) is 13.8. The molecule has 0 heterocycles. The fourth-order valence-corrected chi connectivity index (χ4v) is 1.55. The number of aryl methyl sites for hydroxylation is 1. The van der Waals surface area contributed by atoms with Crippen LogP contribution in [0.3, 0.4) is 0 Å². The largest absolute Gasteiger partial charge is 0.397 e. The Bertz CT molecular complexity index is 408. The summed E-state index contributed by atoms with van der Waals surface area (Å²) in [5, 5.41) is 13.1. The Balaban J connectivity index is 2.66. The number of rotatable bonds is 6. The number of hydrogen-bond donors (Lipinski definition) is 3. The summed E-state index contributed by atoms with van der Waals surface area (Å²) in [4.78, 5) is 0. The summed E-state index contributed by atoms with van der Waals surface area (Å²) in [5.74, 6) is -0.329. The highest BCUT2D eigenvalue weighted by Gasteiger charge is 2.20. The number of halogens is 1. The van der Waals surface area contributed by atoms with E-state index in [1.807, 2.05) is 0 Å². The van der Waals surface area contributed by atoms with Crippen LogP contribution in [0.5, 0.6) is 0 Å². The first-order valence-corrected chi connectivity index (χ1v) is 5.86. The van der Waals surface area contributed by atoms with Crippen molar-refractivity contribution in [3.05, 3.63) is 23.5 Å². The third-order valence-electron chi connectivity index (χ3n) is 2.84. The summed E-state index contributed by atoms with van der Waals surface area (Å²) in [6.45, 7) is 4.19. The highest BCUT2D eigenvalue weighted by molar-refractivity contribution is 5.67. The van der Waals surface area contributed by atoms with Crippen molar-refractivity contribution >= 4 is 11.4 Å². The Morgan fingerprint density at radius 1 is 1.50 bits per heavy atom. The minimum Gasteiger partial charge on any atom is -0.397 e. The van der Waals surface area contributed by atoms with Crippen molar-refractivity contribution in [3.8, 4) is 0 Å². The predicted molar refractivity (Wildman–Crippen MR) is 71.2 cm³/mol. The van der Waals surface area contributed by atoms with E-state index in [1.54, 1.807) is 27.0 Å². The molecule has 1 aromatic rings. The minimum absolute atomic E-state index is 0.325. The minimum atomic E-state index is -0.898. The van der Waals surface area contributed by atoms with Gasteiger partial charge >= 0.3 is 0 Å². The topological polar surface area (TPSA) is 67.5 Å². The molecule has 0 radical (unpaired) electrons. The van der Waals surface area contributed by atoms with E-state index in [9.17, 15) is 9.50 Å². The summed E-state index contributed by atoms with van der Waals surface area (Å²) in [6, 6.07) is 2.92. The van der Waals surface area contributed by atoms with Gasteiger partial charge in [0.1, 0.15) is 5.82 Å². The highest BCUT2D eigenvalue weighted by Crippen LogP contribution is 2.23. The van der Waals surface area contributed by atoms with Crippen LogP contribution in [0.15, 0.2) is 12.1 Å². The van der Waals surface area contributed by atoms with Crippen LogP contribution in [0.1, 0.15) is 18.9 Å². The standard InChI is InChI=1S/C13H21FN2O2/c1-9-6-12(11(15)7-10(9)14)16-8-13(2,17)4-5-18-3/h6-7,16-17H,4-5,8,15H2,1-3H3. The Morgan fingerprint density at radius 3 is 2.78 bits per heavy atom. The maximum atomic E-state index is 13.2. The molecule has 0 fully saturated rings. The van der Waals surface area contributed by atoms with E-state index in [0.29, 0.717) is 36.5 Å². The van der Waals surface area contributed by atoms with Gasteiger partial charge in [0.05, 0.1) is 17.0 Å². The highest BCUT2D eigenvalue weighted by atomic mass is 19.1. The second-order valence-electron chi connectivity index (χ2n) is 4.78. The average Bonchev–Trinajstić information content (AvgIpc) is 2.30. The van der Waals surface area contributed by atoms with Gasteiger partial charge in [0, 0.05) is 26.7 Å². The smallest absolute Gasteiger partial charge is 0.128 e. The maximum Gasteiger partial charge on any atom is 0.128 e. The van der Waals surface area contributed by atoms with Crippen molar-refractivity contribution in [2.24, 2.45) is 0 Å². The third kappa shape index (κ3) is 4.16. The van der Waals surface area contributed by atoms with E-state index in [0.717, 1.165) is 0 Å². The molecule has 18 heavy (non-hydrogen) atoms. The monoisotopic (exact) mass is 256 g/mol. The van der Waals surface area contributed by atoms with Gasteiger partial charge in [-0.25, -0.2) is 4.39 Å². The van der Waals surface area contributed by atoms with Crippen molar-refractivity contribution in [1.29, 1.82) is 0 Å². The Hall–Kier alpha value is -1.33. The summed E-state index contributed by atoms with van der Waals surface area (Å²) in [6.07, 6.45) is 0.510. The molecule has 4 N–H and O–H groups in total. The maximum absolute atomic E-state index is 13.2. The van der Waals surface area contributed by atoms with Crippen molar-refractivity contribution in [2.75, 3.05) is 31.3 Å². The number of nitrogens with two attached hydrogens (primary N) is 1. The molecule has 1 unspecified atom stereocenters. The van der Waals surface area contributed by atoms with Gasteiger partial charge in [0.15, 0.2) is 0 Å². The van der Waals surface area contributed by atoms with Crippen LogP contribution in [0.2, 0.25) is 0 Å². The summed E-state index contributed by atoms with van der Waals surface area (Å²) in [5.41, 5.74) is 6.29. The van der Waals surface area contributed by atoms with Gasteiger partial charge in [0.25, 0.3) is 0 Å². The summed E-state index contributed by atoms with van der Waals surface area (Å²) >= 11 is 0. The van der Waals surface area contributed by atoms with E-state index >= 15 is 0 Å². The molecule has 0 aromatic heterocycles. The number of anilines is 2. The zero-order valence-corrected chi connectivity index (χ0v) is 11.1. The normalized spacial score (nSPS) is 14.3. The SMILES string of the molecule is COCCC(C)(O)CNc1cc(C)c(F)cc1N. The first kappa shape index (κ1) is 14.7. The number of nitrogen functional groups attached to an aromatic ring is 1. The lowest BCUT2D eigenvalue weighted by atomic mass is 10.0. The Morgan fingerprint density at radius 2 is 2.17 bits per heavy atom. The number of aliphatic hydroxyl groups is 1. The van der Waals surface area contributed by atoms with E-state index in [2.05, 4.69) is 5.32 Å².